The van der Waals surface area contributed by atoms with E-state index in [1.165, 1.54) is 4.90 Å². The van der Waals surface area contributed by atoms with Crippen molar-refractivity contribution in [1.82, 2.24) is 24.7 Å². The van der Waals surface area contributed by atoms with E-state index in [0.717, 1.165) is 0 Å². The molecule has 8 nitrogen and oxygen atoms in total. The van der Waals surface area contributed by atoms with Crippen molar-refractivity contribution >= 4 is 17.4 Å². The zero-order valence-electron chi connectivity index (χ0n) is 14.4. The Kier molecular flexibility index (Phi) is 4.22. The summed E-state index contributed by atoms with van der Waals surface area (Å²) in [6, 6.07) is 3.65. The Morgan fingerprint density at radius 2 is 2.00 bits per heavy atom. The highest BCUT2D eigenvalue weighted by molar-refractivity contribution is 5.82. The van der Waals surface area contributed by atoms with E-state index < -0.39 is 12.0 Å². The highest BCUT2D eigenvalue weighted by atomic mass is 19.3. The van der Waals surface area contributed by atoms with Crippen LogP contribution >= 0.6 is 0 Å². The number of hydrogen-bond donors (Lipinski definition) is 0. The van der Waals surface area contributed by atoms with E-state index in [0.29, 0.717) is 37.0 Å². The lowest BCUT2D eigenvalue weighted by Crippen LogP contribution is -2.53. The molecule has 10 heteroatoms. The Morgan fingerprint density at radius 3 is 2.77 bits per heavy atom. The van der Waals surface area contributed by atoms with Crippen LogP contribution in [0.4, 0.5) is 14.6 Å². The summed E-state index contributed by atoms with van der Waals surface area (Å²) in [4.78, 5) is 16.1. The van der Waals surface area contributed by atoms with Crippen molar-refractivity contribution < 1.29 is 18.3 Å². The molecule has 0 aromatic carbocycles. The zero-order chi connectivity index (χ0) is 18.3. The minimum Gasteiger partial charge on any atom is -0.365 e. The van der Waals surface area contributed by atoms with Crippen LogP contribution in [-0.4, -0.2) is 75.4 Å². The van der Waals surface area contributed by atoms with E-state index in [1.54, 1.807) is 4.52 Å². The number of nitrogens with zero attached hydrogens (tertiary/aromatic N) is 6. The van der Waals surface area contributed by atoms with Crippen LogP contribution in [0, 0.1) is 6.92 Å². The lowest BCUT2D eigenvalue weighted by Gasteiger charge is -2.37. The molecule has 2 aliphatic rings. The maximum Gasteiger partial charge on any atom is 0.253 e. The van der Waals surface area contributed by atoms with Gasteiger partial charge in [-0.05, 0) is 19.1 Å². The van der Waals surface area contributed by atoms with Gasteiger partial charge in [0, 0.05) is 32.5 Å². The van der Waals surface area contributed by atoms with Crippen molar-refractivity contribution in [3.63, 3.8) is 0 Å². The standard InChI is InChI=1S/C16H20F2N6O2/c1-11-19-20-13-2-3-14(21-24(11)13)23-8-9-26-12(10-23)15(25)22-6-4-16(17,18)5-7-22/h2-3,12H,4-10H2,1H3. The van der Waals surface area contributed by atoms with E-state index in [1.807, 2.05) is 24.0 Å². The van der Waals surface area contributed by atoms with Gasteiger partial charge in [0.25, 0.3) is 11.8 Å². The number of amides is 1. The van der Waals surface area contributed by atoms with Crippen molar-refractivity contribution in [1.29, 1.82) is 0 Å². The number of aromatic nitrogens is 4. The van der Waals surface area contributed by atoms with Gasteiger partial charge in [0.2, 0.25) is 0 Å². The van der Waals surface area contributed by atoms with Crippen molar-refractivity contribution in [2.75, 3.05) is 37.7 Å². The summed E-state index contributed by atoms with van der Waals surface area (Å²) in [6.07, 6.45) is -1.25. The average molecular weight is 366 g/mol. The summed E-state index contributed by atoms with van der Waals surface area (Å²) in [6.45, 7) is 3.26. The lowest BCUT2D eigenvalue weighted by atomic mass is 10.1. The van der Waals surface area contributed by atoms with Gasteiger partial charge in [0.1, 0.15) is 5.82 Å². The van der Waals surface area contributed by atoms with Gasteiger partial charge >= 0.3 is 0 Å². The molecule has 2 aliphatic heterocycles. The average Bonchev–Trinajstić information content (AvgIpc) is 3.02. The molecule has 0 saturated carbocycles. The fraction of sp³-hybridized carbons (Fsp3) is 0.625. The van der Waals surface area contributed by atoms with Gasteiger partial charge < -0.3 is 14.5 Å². The summed E-state index contributed by atoms with van der Waals surface area (Å²) in [7, 11) is 0. The Balaban J connectivity index is 1.46. The first-order valence-electron chi connectivity index (χ1n) is 8.65. The first-order valence-corrected chi connectivity index (χ1v) is 8.65. The third-order valence-electron chi connectivity index (χ3n) is 4.88. The number of morpholine rings is 1. The second-order valence-corrected chi connectivity index (χ2v) is 6.70. The number of rotatable bonds is 2. The number of carbonyl (C=O) groups is 1. The Bertz CT molecular complexity index is 816. The normalized spacial score (nSPS) is 23.4. The second kappa shape index (κ2) is 6.42. The van der Waals surface area contributed by atoms with E-state index in [2.05, 4.69) is 15.3 Å². The highest BCUT2D eigenvalue weighted by Crippen LogP contribution is 2.28. The summed E-state index contributed by atoms with van der Waals surface area (Å²) in [5, 5.41) is 12.5. The molecule has 0 bridgehead atoms. The lowest BCUT2D eigenvalue weighted by molar-refractivity contribution is -0.150. The van der Waals surface area contributed by atoms with Crippen LogP contribution in [0.25, 0.3) is 5.65 Å². The second-order valence-electron chi connectivity index (χ2n) is 6.70. The fourth-order valence-corrected chi connectivity index (χ4v) is 3.32. The van der Waals surface area contributed by atoms with Crippen LogP contribution < -0.4 is 4.90 Å². The SMILES string of the molecule is Cc1nnc2ccc(N3CCOC(C(=O)N4CCC(F)(F)CC4)C3)nn12. The van der Waals surface area contributed by atoms with Crippen molar-refractivity contribution in [2.45, 2.75) is 31.8 Å². The number of aryl methyl sites for hydroxylation is 1. The van der Waals surface area contributed by atoms with Crippen LogP contribution in [0.5, 0.6) is 0 Å². The van der Waals surface area contributed by atoms with E-state index in [4.69, 9.17) is 4.74 Å². The van der Waals surface area contributed by atoms with Crippen molar-refractivity contribution in [3.05, 3.63) is 18.0 Å². The van der Waals surface area contributed by atoms with E-state index >= 15 is 0 Å². The molecule has 2 saturated heterocycles. The maximum absolute atomic E-state index is 13.3. The fourth-order valence-electron chi connectivity index (χ4n) is 3.32. The zero-order valence-corrected chi connectivity index (χ0v) is 14.4. The van der Waals surface area contributed by atoms with Gasteiger partial charge in [-0.15, -0.1) is 15.3 Å². The van der Waals surface area contributed by atoms with Crippen molar-refractivity contribution in [2.24, 2.45) is 0 Å². The van der Waals surface area contributed by atoms with Gasteiger partial charge in [-0.2, -0.15) is 4.52 Å². The van der Waals surface area contributed by atoms with Gasteiger partial charge in [-0.3, -0.25) is 4.79 Å². The Hall–Kier alpha value is -2.36. The number of anilines is 1. The molecule has 4 rings (SSSR count). The van der Waals surface area contributed by atoms with Gasteiger partial charge in [0.15, 0.2) is 17.6 Å². The van der Waals surface area contributed by atoms with Crippen LogP contribution in [0.15, 0.2) is 12.1 Å². The summed E-state index contributed by atoms with van der Waals surface area (Å²) < 4.78 is 33.9. The Labute approximate surface area is 148 Å². The number of likely N-dealkylation sites (tertiary alicyclic amines) is 1. The number of fused-ring (bicyclic) bond motifs is 1. The molecule has 4 heterocycles. The molecule has 26 heavy (non-hydrogen) atoms. The molecule has 2 aromatic heterocycles. The predicted octanol–water partition coefficient (Wildman–Crippen LogP) is 0.896. The van der Waals surface area contributed by atoms with Crippen LogP contribution in [0.1, 0.15) is 18.7 Å². The quantitative estimate of drug-likeness (QED) is 0.786. The highest BCUT2D eigenvalue weighted by Gasteiger charge is 2.38. The number of halogens is 2. The molecule has 0 spiro atoms. The molecule has 2 aromatic rings. The molecule has 0 radical (unpaired) electrons. The van der Waals surface area contributed by atoms with Crippen LogP contribution in [0.2, 0.25) is 0 Å². The minimum absolute atomic E-state index is 0.0653. The molecule has 2 fully saturated rings. The maximum atomic E-state index is 13.3. The predicted molar refractivity (Wildman–Crippen MR) is 88.2 cm³/mol. The third kappa shape index (κ3) is 3.20. The number of ether oxygens (including phenoxy) is 1. The third-order valence-corrected chi connectivity index (χ3v) is 4.88. The molecule has 140 valence electrons. The number of carbonyl (C=O) groups excluding carboxylic acids is 1. The van der Waals surface area contributed by atoms with Crippen LogP contribution in [-0.2, 0) is 9.53 Å². The molecule has 0 N–H and O–H groups in total. The molecule has 0 aliphatic carbocycles. The van der Waals surface area contributed by atoms with E-state index in [-0.39, 0.29) is 31.8 Å². The number of hydrogen-bond acceptors (Lipinski definition) is 6. The minimum atomic E-state index is -2.67. The van der Waals surface area contributed by atoms with E-state index in [9.17, 15) is 13.6 Å². The van der Waals surface area contributed by atoms with Gasteiger partial charge in [-0.1, -0.05) is 0 Å². The Morgan fingerprint density at radius 1 is 1.23 bits per heavy atom. The monoisotopic (exact) mass is 366 g/mol. The molecule has 1 unspecified atom stereocenters. The van der Waals surface area contributed by atoms with Crippen LogP contribution in [0.3, 0.4) is 0 Å². The summed E-state index contributed by atoms with van der Waals surface area (Å²) in [5.41, 5.74) is 0.654. The first-order chi connectivity index (χ1) is 12.4. The molecule has 1 atom stereocenters. The summed E-state index contributed by atoms with van der Waals surface area (Å²) in [5.74, 6) is -1.53. The molecular formula is C16H20F2N6O2. The molecular weight excluding hydrogens is 346 g/mol. The van der Waals surface area contributed by atoms with Gasteiger partial charge in [-0.25, -0.2) is 8.78 Å². The smallest absolute Gasteiger partial charge is 0.253 e. The first kappa shape index (κ1) is 17.1. The molecule has 1 amide bonds. The van der Waals surface area contributed by atoms with Crippen molar-refractivity contribution in [3.8, 4) is 0 Å². The topological polar surface area (TPSA) is 75.9 Å². The number of piperidine rings is 1. The number of alkyl halides is 2. The summed E-state index contributed by atoms with van der Waals surface area (Å²) >= 11 is 0. The van der Waals surface area contributed by atoms with Gasteiger partial charge in [0.05, 0.1) is 13.2 Å². The largest absolute Gasteiger partial charge is 0.365 e.